The number of hydrogen-bond donors (Lipinski definition) is 1. The molecule has 34 heavy (non-hydrogen) atoms. The van der Waals surface area contributed by atoms with Crippen LogP contribution in [0.1, 0.15) is 19.4 Å². The van der Waals surface area contributed by atoms with E-state index in [4.69, 9.17) is 4.74 Å². The number of hydrogen-bond acceptors (Lipinski definition) is 7. The monoisotopic (exact) mass is 528 g/mol. The second-order valence-electron chi connectivity index (χ2n) is 8.84. The summed E-state index contributed by atoms with van der Waals surface area (Å²) in [5.41, 5.74) is -0.322. The van der Waals surface area contributed by atoms with Gasteiger partial charge in [-0.05, 0) is 49.7 Å². The lowest BCUT2D eigenvalue weighted by Gasteiger charge is -2.56. The Morgan fingerprint density at radius 1 is 1.15 bits per heavy atom. The summed E-state index contributed by atoms with van der Waals surface area (Å²) in [5, 5.41) is 13.8. The molecule has 5 rings (SSSR count). The van der Waals surface area contributed by atoms with Gasteiger partial charge in [0.25, 0.3) is 11.6 Å². The van der Waals surface area contributed by atoms with Gasteiger partial charge in [0.2, 0.25) is 5.91 Å². The number of nitrogens with one attached hydrogen (secondary N) is 1. The standard InChI is InChI=1S/C23H21BrN4O6/c1-12-11-26-18-8-7-17(28(32)33)9-14(18)10-23(19(26)13(2)34-12)20(29)25-22(31)27(21(23)30)16-5-3-15(24)4-6-16/h3-9,12-13,19H,10-11H2,1-2H3,(H,25,29,31)/t12-,13+,19+,23-/m1/s1. The molecular weight excluding hydrogens is 508 g/mol. The summed E-state index contributed by atoms with van der Waals surface area (Å²) >= 11 is 3.34. The van der Waals surface area contributed by atoms with Crippen LogP contribution in [-0.4, -0.2) is 47.6 Å². The van der Waals surface area contributed by atoms with Crippen molar-refractivity contribution in [3.8, 4) is 0 Å². The fraction of sp³-hybridized carbons (Fsp3) is 0.348. The minimum Gasteiger partial charge on any atom is -0.372 e. The van der Waals surface area contributed by atoms with E-state index in [1.807, 2.05) is 11.8 Å². The molecule has 0 unspecified atom stereocenters. The number of fused-ring (bicyclic) bond motifs is 4. The second kappa shape index (κ2) is 7.88. The van der Waals surface area contributed by atoms with Crippen LogP contribution in [0.3, 0.4) is 0 Å². The second-order valence-corrected chi connectivity index (χ2v) is 9.76. The van der Waals surface area contributed by atoms with Gasteiger partial charge in [-0.2, -0.15) is 0 Å². The Morgan fingerprint density at radius 3 is 2.53 bits per heavy atom. The molecule has 0 radical (unpaired) electrons. The van der Waals surface area contributed by atoms with Gasteiger partial charge in [-0.25, -0.2) is 9.69 Å². The zero-order valence-corrected chi connectivity index (χ0v) is 19.9. The largest absolute Gasteiger partial charge is 0.372 e. The Balaban J connectivity index is 1.70. The molecule has 1 spiro atoms. The van der Waals surface area contributed by atoms with Gasteiger partial charge in [0, 0.05) is 35.3 Å². The molecule has 10 nitrogen and oxygen atoms in total. The zero-order valence-electron chi connectivity index (χ0n) is 18.4. The number of urea groups is 1. The number of halogens is 1. The molecule has 2 aromatic rings. The van der Waals surface area contributed by atoms with Gasteiger partial charge in [0.05, 0.1) is 28.9 Å². The first-order valence-corrected chi connectivity index (χ1v) is 11.6. The molecule has 176 valence electrons. The highest BCUT2D eigenvalue weighted by atomic mass is 79.9. The van der Waals surface area contributed by atoms with Gasteiger partial charge in [0.15, 0.2) is 5.41 Å². The quantitative estimate of drug-likeness (QED) is 0.360. The molecule has 0 aliphatic carbocycles. The van der Waals surface area contributed by atoms with Gasteiger partial charge in [-0.15, -0.1) is 0 Å². The SMILES string of the molecule is C[C@@H]1CN2c3ccc([N+](=O)[O-])cc3C[C@]3(C(=O)NC(=O)N(c4ccc(Br)cc4)C3=O)[C@@H]2[C@H](C)O1. The van der Waals surface area contributed by atoms with E-state index >= 15 is 0 Å². The van der Waals surface area contributed by atoms with Crippen molar-refractivity contribution in [3.63, 3.8) is 0 Å². The Labute approximate surface area is 203 Å². The van der Waals surface area contributed by atoms with Crippen LogP contribution in [0.5, 0.6) is 0 Å². The molecule has 3 heterocycles. The predicted molar refractivity (Wildman–Crippen MR) is 126 cm³/mol. The molecule has 0 aromatic heterocycles. The Kier molecular flexibility index (Phi) is 5.21. The third-order valence-electron chi connectivity index (χ3n) is 6.74. The Hall–Kier alpha value is -3.31. The van der Waals surface area contributed by atoms with Gasteiger partial charge in [-0.3, -0.25) is 25.0 Å². The lowest BCUT2D eigenvalue weighted by molar-refractivity contribution is -0.384. The van der Waals surface area contributed by atoms with Crippen molar-refractivity contribution in [2.75, 3.05) is 16.3 Å². The van der Waals surface area contributed by atoms with E-state index in [0.717, 1.165) is 15.1 Å². The highest BCUT2D eigenvalue weighted by Crippen LogP contribution is 2.49. The number of carbonyl (C=O) groups is 3. The van der Waals surface area contributed by atoms with Crippen molar-refractivity contribution in [2.24, 2.45) is 5.41 Å². The summed E-state index contributed by atoms with van der Waals surface area (Å²) in [4.78, 5) is 54.3. The highest BCUT2D eigenvalue weighted by Gasteiger charge is 2.65. The molecule has 11 heteroatoms. The van der Waals surface area contributed by atoms with Crippen LogP contribution < -0.4 is 15.1 Å². The molecule has 1 N–H and O–H groups in total. The zero-order chi connectivity index (χ0) is 24.4. The molecule has 2 fully saturated rings. The molecule has 2 aromatic carbocycles. The van der Waals surface area contributed by atoms with Crippen LogP contribution in [0, 0.1) is 15.5 Å². The van der Waals surface area contributed by atoms with Crippen LogP contribution in [0.25, 0.3) is 0 Å². The van der Waals surface area contributed by atoms with Gasteiger partial charge >= 0.3 is 6.03 Å². The van der Waals surface area contributed by atoms with Crippen LogP contribution in [-0.2, 0) is 20.7 Å². The van der Waals surface area contributed by atoms with Crippen LogP contribution in [0.4, 0.5) is 21.9 Å². The van der Waals surface area contributed by atoms with E-state index < -0.39 is 40.3 Å². The number of nitro groups is 1. The maximum absolute atomic E-state index is 14.1. The summed E-state index contributed by atoms with van der Waals surface area (Å²) in [6.45, 7) is 4.07. The molecule has 3 aliphatic heterocycles. The number of anilines is 2. The predicted octanol–water partition coefficient (Wildman–Crippen LogP) is 3.17. The van der Waals surface area contributed by atoms with Crippen molar-refractivity contribution in [3.05, 3.63) is 62.6 Å². The summed E-state index contributed by atoms with van der Waals surface area (Å²) < 4.78 is 6.81. The number of barbiturate groups is 1. The number of rotatable bonds is 2. The number of morpholine rings is 1. The maximum Gasteiger partial charge on any atom is 0.335 e. The van der Waals surface area contributed by atoms with E-state index in [2.05, 4.69) is 21.2 Å². The highest BCUT2D eigenvalue weighted by molar-refractivity contribution is 9.10. The van der Waals surface area contributed by atoms with Crippen molar-refractivity contribution in [2.45, 2.75) is 38.5 Å². The first-order chi connectivity index (χ1) is 16.1. The topological polar surface area (TPSA) is 122 Å². The third kappa shape index (κ3) is 3.22. The lowest BCUT2D eigenvalue weighted by atomic mass is 9.66. The molecule has 4 amide bonds. The molecule has 3 aliphatic rings. The molecule has 4 atom stereocenters. The number of benzene rings is 2. The van der Waals surface area contributed by atoms with Crippen molar-refractivity contribution < 1.29 is 24.0 Å². The van der Waals surface area contributed by atoms with Gasteiger partial charge in [-0.1, -0.05) is 15.9 Å². The van der Waals surface area contributed by atoms with E-state index in [-0.39, 0.29) is 18.2 Å². The van der Waals surface area contributed by atoms with E-state index in [1.165, 1.54) is 12.1 Å². The average Bonchev–Trinajstić information content (AvgIpc) is 2.78. The number of ether oxygens (including phenoxy) is 1. The van der Waals surface area contributed by atoms with Crippen molar-refractivity contribution >= 4 is 50.8 Å². The fourth-order valence-electron chi connectivity index (χ4n) is 5.45. The molecule has 0 saturated carbocycles. The normalized spacial score (nSPS) is 28.4. The number of non-ortho nitro benzene ring substituents is 1. The summed E-state index contributed by atoms with van der Waals surface area (Å²) in [6, 6.07) is 9.52. The maximum atomic E-state index is 14.1. The molecular formula is C23H21BrN4O6. The number of imide groups is 2. The molecule has 2 saturated heterocycles. The number of nitro benzene ring substituents is 1. The van der Waals surface area contributed by atoms with Crippen LogP contribution in [0.15, 0.2) is 46.9 Å². The third-order valence-corrected chi connectivity index (χ3v) is 7.27. The smallest absolute Gasteiger partial charge is 0.335 e. The van der Waals surface area contributed by atoms with Crippen LogP contribution >= 0.6 is 15.9 Å². The lowest BCUT2D eigenvalue weighted by Crippen LogP contribution is -2.76. The summed E-state index contributed by atoms with van der Waals surface area (Å²) in [7, 11) is 0. The molecule has 0 bridgehead atoms. The number of nitrogens with zero attached hydrogens (tertiary/aromatic N) is 3. The van der Waals surface area contributed by atoms with E-state index in [1.54, 1.807) is 37.3 Å². The van der Waals surface area contributed by atoms with E-state index in [9.17, 15) is 24.5 Å². The first kappa shape index (κ1) is 22.5. The van der Waals surface area contributed by atoms with Gasteiger partial charge in [0.1, 0.15) is 0 Å². The Morgan fingerprint density at radius 2 is 1.85 bits per heavy atom. The van der Waals surface area contributed by atoms with Crippen molar-refractivity contribution in [1.82, 2.24) is 5.32 Å². The summed E-state index contributed by atoms with van der Waals surface area (Å²) in [5.74, 6) is -1.41. The minimum absolute atomic E-state index is 0.0990. The van der Waals surface area contributed by atoms with Gasteiger partial charge < -0.3 is 9.64 Å². The minimum atomic E-state index is -1.72. The van der Waals surface area contributed by atoms with Crippen molar-refractivity contribution in [1.29, 1.82) is 0 Å². The van der Waals surface area contributed by atoms with E-state index in [0.29, 0.717) is 17.8 Å². The fourth-order valence-corrected chi connectivity index (χ4v) is 5.71. The Bertz CT molecular complexity index is 1230. The number of amides is 4. The van der Waals surface area contributed by atoms with Crippen LogP contribution in [0.2, 0.25) is 0 Å². The number of carbonyl (C=O) groups excluding carboxylic acids is 3. The summed E-state index contributed by atoms with van der Waals surface area (Å²) in [6.07, 6.45) is -0.824. The first-order valence-electron chi connectivity index (χ1n) is 10.8. The average molecular weight is 529 g/mol.